The molecular weight excluding hydrogens is 526 g/mol. The van der Waals surface area contributed by atoms with Gasteiger partial charge in [-0.25, -0.2) is 9.48 Å². The van der Waals surface area contributed by atoms with Gasteiger partial charge < -0.3 is 35.8 Å². The Kier molecular flexibility index (Phi) is 9.96. The number of hydrogen-bond acceptors (Lipinski definition) is 11. The number of aliphatic hydroxyl groups is 3. The molecule has 214 valence electrons. The number of nitrogens with one attached hydrogen (secondary N) is 1. The summed E-state index contributed by atoms with van der Waals surface area (Å²) in [6.45, 7) is -0.482. The van der Waals surface area contributed by atoms with E-state index in [2.05, 4.69) is 15.6 Å². The summed E-state index contributed by atoms with van der Waals surface area (Å²) in [5, 5.41) is 43.5. The number of nitrogens with zero attached hydrogens (tertiary/aromatic N) is 3. The summed E-state index contributed by atoms with van der Waals surface area (Å²) in [6.07, 6.45) is 1.31. The highest BCUT2D eigenvalue weighted by molar-refractivity contribution is 8.01. The molecule has 0 bridgehead atoms. The highest BCUT2D eigenvalue weighted by Crippen LogP contribution is 2.44. The molecule has 1 saturated carbocycles. The number of ether oxygens (including phenoxy) is 2. The molecule has 2 aliphatic rings. The number of nitrogens with two attached hydrogens (primary N) is 1. The summed E-state index contributed by atoms with van der Waals surface area (Å²) in [4.78, 5) is 24.9. The van der Waals surface area contributed by atoms with E-state index in [4.69, 9.17) is 15.2 Å². The number of hydrogen-bond donors (Lipinski definition) is 5. The highest BCUT2D eigenvalue weighted by Gasteiger charge is 2.55. The third-order valence-electron chi connectivity index (χ3n) is 7.28. The second-order valence-electron chi connectivity index (χ2n) is 10.1. The maximum absolute atomic E-state index is 13.0. The quantitative estimate of drug-likeness (QED) is 0.251. The van der Waals surface area contributed by atoms with Crippen molar-refractivity contribution in [2.75, 3.05) is 13.7 Å². The molecule has 1 aromatic heterocycles. The van der Waals surface area contributed by atoms with Crippen molar-refractivity contribution < 1.29 is 34.4 Å². The molecule has 6 N–H and O–H groups in total. The van der Waals surface area contributed by atoms with Crippen molar-refractivity contribution in [2.24, 2.45) is 5.73 Å². The first-order chi connectivity index (χ1) is 18.8. The number of aliphatic hydroxyl groups excluding tert-OH is 3. The molecule has 12 nitrogen and oxygen atoms in total. The van der Waals surface area contributed by atoms with Gasteiger partial charge in [0.05, 0.1) is 31.1 Å². The maximum atomic E-state index is 13.0. The number of carbonyl (C=O) groups excluding carboxylic acids is 2. The highest BCUT2D eigenvalue weighted by atomic mass is 32.2. The van der Waals surface area contributed by atoms with E-state index in [1.54, 1.807) is 30.5 Å². The predicted molar refractivity (Wildman–Crippen MR) is 141 cm³/mol. The monoisotopic (exact) mass is 563 g/mol. The third-order valence-corrected chi connectivity index (χ3v) is 8.55. The predicted octanol–water partition coefficient (Wildman–Crippen LogP) is 0.303. The van der Waals surface area contributed by atoms with E-state index in [9.17, 15) is 24.9 Å². The van der Waals surface area contributed by atoms with Gasteiger partial charge in [-0.2, -0.15) is 0 Å². The van der Waals surface area contributed by atoms with Gasteiger partial charge in [-0.3, -0.25) is 4.79 Å². The van der Waals surface area contributed by atoms with Crippen LogP contribution in [0.2, 0.25) is 0 Å². The molecule has 1 aliphatic carbocycles. The van der Waals surface area contributed by atoms with Gasteiger partial charge in [-0.05, 0) is 25.0 Å². The standard InChI is InChI=1S/C26H37N5O7S/c1-37-25(36)26(39-17-10-6-3-7-11-17)12-19(32)22(24(38-26)23(35)20(33)13-27)28-21(34)15-31-14-18(29-30-31)16-8-4-2-5-9-16/h3,6-7,10-11,14,16,19-20,22-24,32-33,35H,2,4-5,8-9,12-13,15,27H2,1H3,(H,28,34)/t19-,20-,22?,23-,24?,26+/m1/s1. The smallest absolute Gasteiger partial charge is 0.349 e. The van der Waals surface area contributed by atoms with Crippen molar-refractivity contribution in [1.82, 2.24) is 20.3 Å². The summed E-state index contributed by atoms with van der Waals surface area (Å²) in [5.41, 5.74) is 6.42. The van der Waals surface area contributed by atoms with Crippen molar-refractivity contribution >= 4 is 23.6 Å². The second-order valence-corrected chi connectivity index (χ2v) is 11.4. The molecule has 6 atom stereocenters. The van der Waals surface area contributed by atoms with Crippen LogP contribution in [-0.2, 0) is 25.6 Å². The SMILES string of the molecule is COC(=O)[C@@]1(Sc2ccccc2)C[C@@H](O)C(NC(=O)Cn2cc(C3CCCCC3)nn2)C([C@H](O)[C@H](O)CN)O1. The summed E-state index contributed by atoms with van der Waals surface area (Å²) in [5.74, 6) is -0.962. The summed E-state index contributed by atoms with van der Waals surface area (Å²) >= 11 is 1.01. The molecule has 2 aromatic rings. The van der Waals surface area contributed by atoms with Crippen LogP contribution in [-0.4, -0.2) is 91.2 Å². The van der Waals surface area contributed by atoms with Crippen LogP contribution in [0, 0.1) is 0 Å². The summed E-state index contributed by atoms with van der Waals surface area (Å²) < 4.78 is 12.6. The van der Waals surface area contributed by atoms with Crippen LogP contribution in [0.25, 0.3) is 0 Å². The molecule has 1 amide bonds. The molecule has 39 heavy (non-hydrogen) atoms. The summed E-state index contributed by atoms with van der Waals surface area (Å²) in [7, 11) is 1.19. The van der Waals surface area contributed by atoms with E-state index in [-0.39, 0.29) is 19.5 Å². The van der Waals surface area contributed by atoms with Crippen LogP contribution in [0.5, 0.6) is 0 Å². The molecule has 2 unspecified atom stereocenters. The lowest BCUT2D eigenvalue weighted by Crippen LogP contribution is -2.67. The zero-order valence-corrected chi connectivity index (χ0v) is 22.7. The van der Waals surface area contributed by atoms with Crippen molar-refractivity contribution in [3.63, 3.8) is 0 Å². The minimum atomic E-state index is -1.75. The fourth-order valence-corrected chi connectivity index (χ4v) is 6.46. The van der Waals surface area contributed by atoms with Crippen molar-refractivity contribution in [3.05, 3.63) is 42.2 Å². The minimum absolute atomic E-state index is 0.174. The maximum Gasteiger partial charge on any atom is 0.349 e. The van der Waals surface area contributed by atoms with Crippen LogP contribution < -0.4 is 11.1 Å². The Hall–Kier alpha value is -2.55. The third kappa shape index (κ3) is 6.97. The van der Waals surface area contributed by atoms with Gasteiger partial charge in [-0.15, -0.1) is 5.10 Å². The lowest BCUT2D eigenvalue weighted by atomic mass is 9.87. The van der Waals surface area contributed by atoms with E-state index < -0.39 is 47.3 Å². The number of esters is 1. The Labute approximate surface area is 231 Å². The van der Waals surface area contributed by atoms with E-state index in [1.807, 2.05) is 6.07 Å². The Morgan fingerprint density at radius 3 is 2.64 bits per heavy atom. The number of carbonyl (C=O) groups is 2. The number of benzene rings is 1. The number of rotatable bonds is 10. The average Bonchev–Trinajstić information content (AvgIpc) is 3.42. The van der Waals surface area contributed by atoms with Gasteiger partial charge in [0, 0.05) is 30.0 Å². The molecule has 4 rings (SSSR count). The molecule has 1 saturated heterocycles. The molecular formula is C26H37N5O7S. The van der Waals surface area contributed by atoms with Crippen LogP contribution >= 0.6 is 11.8 Å². The zero-order chi connectivity index (χ0) is 28.0. The van der Waals surface area contributed by atoms with Gasteiger partial charge in [0.15, 0.2) is 0 Å². The van der Waals surface area contributed by atoms with Gasteiger partial charge in [0.2, 0.25) is 10.8 Å². The number of aromatic nitrogens is 3. The minimum Gasteiger partial charge on any atom is -0.466 e. The lowest BCUT2D eigenvalue weighted by Gasteiger charge is -2.47. The average molecular weight is 564 g/mol. The Bertz CT molecular complexity index is 1100. The van der Waals surface area contributed by atoms with Gasteiger partial charge in [0.25, 0.3) is 0 Å². The van der Waals surface area contributed by atoms with Crippen LogP contribution in [0.4, 0.5) is 0 Å². The molecule has 2 fully saturated rings. The first kappa shape index (κ1) is 29.4. The second kappa shape index (κ2) is 13.2. The number of amides is 1. The van der Waals surface area contributed by atoms with Crippen LogP contribution in [0.15, 0.2) is 41.4 Å². The first-order valence-electron chi connectivity index (χ1n) is 13.2. The topological polar surface area (TPSA) is 182 Å². The molecule has 1 aromatic carbocycles. The van der Waals surface area contributed by atoms with Crippen LogP contribution in [0.3, 0.4) is 0 Å². The van der Waals surface area contributed by atoms with Crippen molar-refractivity contribution in [2.45, 2.75) is 91.3 Å². The summed E-state index contributed by atoms with van der Waals surface area (Å²) in [6, 6.07) is 7.74. The number of thioether (sulfide) groups is 1. The Morgan fingerprint density at radius 1 is 1.26 bits per heavy atom. The molecule has 2 heterocycles. The lowest BCUT2D eigenvalue weighted by molar-refractivity contribution is -0.204. The first-order valence-corrected chi connectivity index (χ1v) is 14.0. The normalized spacial score (nSPS) is 27.5. The molecule has 0 spiro atoms. The van der Waals surface area contributed by atoms with E-state index >= 15 is 0 Å². The molecule has 13 heteroatoms. The van der Waals surface area contributed by atoms with Crippen LogP contribution in [0.1, 0.15) is 50.1 Å². The van der Waals surface area contributed by atoms with E-state index in [1.165, 1.54) is 18.2 Å². The Morgan fingerprint density at radius 2 is 1.97 bits per heavy atom. The van der Waals surface area contributed by atoms with Crippen molar-refractivity contribution in [1.29, 1.82) is 0 Å². The number of methoxy groups -OCH3 is 1. The largest absolute Gasteiger partial charge is 0.466 e. The van der Waals surface area contributed by atoms with Gasteiger partial charge in [-0.1, -0.05) is 54.4 Å². The van der Waals surface area contributed by atoms with Gasteiger partial charge in [0.1, 0.15) is 18.8 Å². The fourth-order valence-electron chi connectivity index (χ4n) is 5.21. The van der Waals surface area contributed by atoms with E-state index in [0.717, 1.165) is 43.1 Å². The fraction of sp³-hybridized carbons (Fsp3) is 0.615. The molecule has 1 aliphatic heterocycles. The molecule has 0 radical (unpaired) electrons. The van der Waals surface area contributed by atoms with Crippen molar-refractivity contribution in [3.8, 4) is 0 Å². The van der Waals surface area contributed by atoms with Gasteiger partial charge >= 0.3 is 5.97 Å². The Balaban J connectivity index is 1.53. The zero-order valence-electron chi connectivity index (χ0n) is 21.9. The van der Waals surface area contributed by atoms with E-state index in [0.29, 0.717) is 10.8 Å².